The number of benzene rings is 1. The SMILES string of the molecule is COc1ccc2c(c1)C(O)(CCNC(C)=O)CN2. The van der Waals surface area contributed by atoms with E-state index in [2.05, 4.69) is 10.6 Å². The van der Waals surface area contributed by atoms with Crippen LogP contribution >= 0.6 is 0 Å². The summed E-state index contributed by atoms with van der Waals surface area (Å²) in [6.45, 7) is 2.37. The fraction of sp³-hybridized carbons (Fsp3) is 0.462. The lowest BCUT2D eigenvalue weighted by Crippen LogP contribution is -2.33. The molecule has 0 fully saturated rings. The van der Waals surface area contributed by atoms with E-state index in [1.165, 1.54) is 6.92 Å². The van der Waals surface area contributed by atoms with E-state index in [0.717, 1.165) is 17.0 Å². The van der Waals surface area contributed by atoms with Gasteiger partial charge in [0.25, 0.3) is 0 Å². The number of amides is 1. The zero-order valence-electron chi connectivity index (χ0n) is 10.6. The molecule has 0 bridgehead atoms. The van der Waals surface area contributed by atoms with Gasteiger partial charge in [-0.05, 0) is 24.6 Å². The lowest BCUT2D eigenvalue weighted by molar-refractivity contribution is -0.119. The normalized spacial score (nSPS) is 21.1. The Morgan fingerprint density at radius 2 is 2.39 bits per heavy atom. The number of carbonyl (C=O) groups excluding carboxylic acids is 1. The molecule has 0 aliphatic carbocycles. The van der Waals surface area contributed by atoms with Crippen molar-refractivity contribution in [2.45, 2.75) is 18.9 Å². The van der Waals surface area contributed by atoms with Crippen LogP contribution in [0.3, 0.4) is 0 Å². The van der Waals surface area contributed by atoms with Crippen molar-refractivity contribution < 1.29 is 14.6 Å². The van der Waals surface area contributed by atoms with Crippen LogP contribution in [0.25, 0.3) is 0 Å². The first kappa shape index (κ1) is 12.7. The van der Waals surface area contributed by atoms with Crippen LogP contribution in [0.1, 0.15) is 18.9 Å². The zero-order valence-corrected chi connectivity index (χ0v) is 10.6. The third-order valence-corrected chi connectivity index (χ3v) is 3.21. The minimum atomic E-state index is -0.952. The van der Waals surface area contributed by atoms with Gasteiger partial charge in [0.05, 0.1) is 7.11 Å². The van der Waals surface area contributed by atoms with E-state index >= 15 is 0 Å². The molecule has 0 saturated heterocycles. The summed E-state index contributed by atoms with van der Waals surface area (Å²) < 4.78 is 5.17. The largest absolute Gasteiger partial charge is 0.497 e. The summed E-state index contributed by atoms with van der Waals surface area (Å²) >= 11 is 0. The Bertz CT molecular complexity index is 462. The number of β-amino-alcohol motifs (C(OH)–C–C–N with tert-alkyl or cyclic N) is 1. The molecule has 5 heteroatoms. The number of hydrogen-bond acceptors (Lipinski definition) is 4. The molecule has 1 aliphatic heterocycles. The summed E-state index contributed by atoms with van der Waals surface area (Å²) in [5.41, 5.74) is 0.792. The van der Waals surface area contributed by atoms with Gasteiger partial charge >= 0.3 is 0 Å². The molecule has 1 unspecified atom stereocenters. The highest BCUT2D eigenvalue weighted by molar-refractivity contribution is 5.72. The maximum Gasteiger partial charge on any atom is 0.216 e. The Morgan fingerprint density at radius 1 is 1.61 bits per heavy atom. The van der Waals surface area contributed by atoms with E-state index in [4.69, 9.17) is 4.74 Å². The Balaban J connectivity index is 2.15. The van der Waals surface area contributed by atoms with Crippen LogP contribution in [0.15, 0.2) is 18.2 Å². The molecule has 2 rings (SSSR count). The van der Waals surface area contributed by atoms with Crippen LogP contribution in [-0.2, 0) is 10.4 Å². The molecular weight excluding hydrogens is 232 g/mol. The summed E-state index contributed by atoms with van der Waals surface area (Å²) in [6.07, 6.45) is 0.472. The van der Waals surface area contributed by atoms with Crippen molar-refractivity contribution in [2.75, 3.05) is 25.5 Å². The Hall–Kier alpha value is -1.75. The van der Waals surface area contributed by atoms with Crippen LogP contribution in [0.5, 0.6) is 5.75 Å². The van der Waals surface area contributed by atoms with Crippen molar-refractivity contribution in [1.29, 1.82) is 0 Å². The van der Waals surface area contributed by atoms with E-state index in [1.807, 2.05) is 18.2 Å². The Morgan fingerprint density at radius 3 is 3.06 bits per heavy atom. The fourth-order valence-electron chi connectivity index (χ4n) is 2.19. The van der Waals surface area contributed by atoms with Crippen molar-refractivity contribution >= 4 is 11.6 Å². The Labute approximate surface area is 106 Å². The van der Waals surface area contributed by atoms with Crippen LogP contribution < -0.4 is 15.4 Å². The number of rotatable bonds is 4. The summed E-state index contributed by atoms with van der Waals surface area (Å²) in [5, 5.41) is 16.5. The number of anilines is 1. The molecule has 0 saturated carbocycles. The molecule has 1 aromatic carbocycles. The van der Waals surface area contributed by atoms with Crippen molar-refractivity contribution in [2.24, 2.45) is 0 Å². The predicted octanol–water partition coefficient (Wildman–Crippen LogP) is 0.834. The van der Waals surface area contributed by atoms with Gasteiger partial charge in [-0.25, -0.2) is 0 Å². The quantitative estimate of drug-likeness (QED) is 0.740. The third kappa shape index (κ3) is 2.41. The maximum absolute atomic E-state index is 10.8. The highest BCUT2D eigenvalue weighted by Crippen LogP contribution is 2.38. The average Bonchev–Trinajstić information content (AvgIpc) is 2.66. The number of carbonyl (C=O) groups is 1. The number of methoxy groups -OCH3 is 1. The number of hydrogen-bond donors (Lipinski definition) is 3. The Kier molecular flexibility index (Phi) is 3.43. The molecule has 1 amide bonds. The minimum absolute atomic E-state index is 0.0876. The van der Waals surface area contributed by atoms with E-state index in [1.54, 1.807) is 7.11 Å². The average molecular weight is 250 g/mol. The maximum atomic E-state index is 10.8. The predicted molar refractivity (Wildman–Crippen MR) is 68.7 cm³/mol. The molecule has 98 valence electrons. The molecule has 1 heterocycles. The molecule has 0 aromatic heterocycles. The van der Waals surface area contributed by atoms with Gasteiger partial charge in [0.2, 0.25) is 5.91 Å². The van der Waals surface area contributed by atoms with Gasteiger partial charge < -0.3 is 20.5 Å². The van der Waals surface area contributed by atoms with E-state index in [-0.39, 0.29) is 5.91 Å². The molecule has 1 atom stereocenters. The van der Waals surface area contributed by atoms with Gasteiger partial charge in [0.1, 0.15) is 11.4 Å². The monoisotopic (exact) mass is 250 g/mol. The first-order valence-corrected chi connectivity index (χ1v) is 5.94. The first-order chi connectivity index (χ1) is 8.55. The van der Waals surface area contributed by atoms with E-state index in [0.29, 0.717) is 19.5 Å². The molecule has 3 N–H and O–H groups in total. The standard InChI is InChI=1S/C13H18N2O3/c1-9(16)14-6-5-13(17)8-15-12-4-3-10(18-2)7-11(12)13/h3-4,7,15,17H,5-6,8H2,1-2H3,(H,14,16). The van der Waals surface area contributed by atoms with Crippen LogP contribution in [0, 0.1) is 0 Å². The minimum Gasteiger partial charge on any atom is -0.497 e. The van der Waals surface area contributed by atoms with Gasteiger partial charge in [0.15, 0.2) is 0 Å². The number of ether oxygens (including phenoxy) is 1. The highest BCUT2D eigenvalue weighted by Gasteiger charge is 2.36. The van der Waals surface area contributed by atoms with Gasteiger partial charge in [-0.3, -0.25) is 4.79 Å². The number of fused-ring (bicyclic) bond motifs is 1. The van der Waals surface area contributed by atoms with Crippen LogP contribution in [-0.4, -0.2) is 31.2 Å². The fourth-order valence-corrected chi connectivity index (χ4v) is 2.19. The van der Waals surface area contributed by atoms with E-state index < -0.39 is 5.60 Å². The van der Waals surface area contributed by atoms with Crippen molar-refractivity contribution in [1.82, 2.24) is 5.32 Å². The van der Waals surface area contributed by atoms with Crippen molar-refractivity contribution in [3.63, 3.8) is 0 Å². The van der Waals surface area contributed by atoms with Gasteiger partial charge in [0, 0.05) is 31.3 Å². The zero-order chi connectivity index (χ0) is 13.2. The van der Waals surface area contributed by atoms with Crippen molar-refractivity contribution in [3.05, 3.63) is 23.8 Å². The highest BCUT2D eigenvalue weighted by atomic mass is 16.5. The topological polar surface area (TPSA) is 70.6 Å². The van der Waals surface area contributed by atoms with Gasteiger partial charge in [-0.1, -0.05) is 0 Å². The second kappa shape index (κ2) is 4.86. The summed E-state index contributed by atoms with van der Waals surface area (Å²) in [6, 6.07) is 5.58. The number of aliphatic hydroxyl groups is 1. The molecular formula is C13H18N2O3. The summed E-state index contributed by atoms with van der Waals surface area (Å²) in [4.78, 5) is 10.8. The number of nitrogens with one attached hydrogen (secondary N) is 2. The van der Waals surface area contributed by atoms with Gasteiger partial charge in [-0.2, -0.15) is 0 Å². The second-order valence-corrected chi connectivity index (χ2v) is 4.53. The molecule has 5 nitrogen and oxygen atoms in total. The summed E-state index contributed by atoms with van der Waals surface area (Å²) in [7, 11) is 1.60. The first-order valence-electron chi connectivity index (χ1n) is 5.94. The lowest BCUT2D eigenvalue weighted by Gasteiger charge is -2.23. The molecule has 1 aliphatic rings. The summed E-state index contributed by atoms with van der Waals surface area (Å²) in [5.74, 6) is 0.630. The van der Waals surface area contributed by atoms with Crippen molar-refractivity contribution in [3.8, 4) is 5.75 Å². The third-order valence-electron chi connectivity index (χ3n) is 3.21. The smallest absolute Gasteiger partial charge is 0.216 e. The second-order valence-electron chi connectivity index (χ2n) is 4.53. The van der Waals surface area contributed by atoms with Crippen LogP contribution in [0.2, 0.25) is 0 Å². The lowest BCUT2D eigenvalue weighted by atomic mass is 9.92. The molecule has 1 aromatic rings. The molecule has 0 spiro atoms. The van der Waals surface area contributed by atoms with Crippen LogP contribution in [0.4, 0.5) is 5.69 Å². The van der Waals surface area contributed by atoms with Gasteiger partial charge in [-0.15, -0.1) is 0 Å². The molecule has 18 heavy (non-hydrogen) atoms. The van der Waals surface area contributed by atoms with E-state index in [9.17, 15) is 9.90 Å². The molecule has 0 radical (unpaired) electrons.